The maximum absolute atomic E-state index is 13.0. The number of carbonyl (C=O) groups is 1. The zero-order valence-electron chi connectivity index (χ0n) is 15.7. The quantitative estimate of drug-likeness (QED) is 0.762. The number of methoxy groups -OCH3 is 1. The van der Waals surface area contributed by atoms with Crippen LogP contribution in [0.15, 0.2) is 43.0 Å². The van der Waals surface area contributed by atoms with Crippen LogP contribution >= 0.6 is 24.8 Å². The van der Waals surface area contributed by atoms with Crippen LogP contribution in [0, 0.1) is 5.41 Å². The number of nitrogens with one attached hydrogen (secondary N) is 2. The molecule has 1 atom stereocenters. The number of halogens is 2. The van der Waals surface area contributed by atoms with Crippen molar-refractivity contribution in [1.82, 2.24) is 20.2 Å². The lowest BCUT2D eigenvalue weighted by Crippen LogP contribution is -2.50. The summed E-state index contributed by atoms with van der Waals surface area (Å²) in [4.78, 5) is 17.1. The molecule has 3 rings (SSSR count). The van der Waals surface area contributed by atoms with Crippen molar-refractivity contribution in [2.75, 3.05) is 26.8 Å². The second-order valence-corrected chi connectivity index (χ2v) is 6.72. The number of carbonyl (C=O) groups excluding carboxylic acids is 1. The van der Waals surface area contributed by atoms with Gasteiger partial charge >= 0.3 is 0 Å². The van der Waals surface area contributed by atoms with Crippen molar-refractivity contribution in [3.05, 3.63) is 48.5 Å². The SMILES string of the molecule is COCC1(C(=O)NC(C)c2cccc(-n3ccnc3)c2)CCNCC1.Cl.Cl. The van der Waals surface area contributed by atoms with E-state index < -0.39 is 5.41 Å². The summed E-state index contributed by atoms with van der Waals surface area (Å²) in [6.45, 7) is 4.18. The Kier molecular flexibility index (Phi) is 9.26. The van der Waals surface area contributed by atoms with Crippen molar-refractivity contribution in [3.63, 3.8) is 0 Å². The van der Waals surface area contributed by atoms with E-state index in [1.807, 2.05) is 35.9 Å². The van der Waals surface area contributed by atoms with Crippen LogP contribution in [-0.4, -0.2) is 42.3 Å². The lowest BCUT2D eigenvalue weighted by Gasteiger charge is -2.36. The molecule has 0 spiro atoms. The second kappa shape index (κ2) is 10.7. The highest BCUT2D eigenvalue weighted by molar-refractivity contribution is 5.85. The number of nitrogens with zero attached hydrogens (tertiary/aromatic N) is 2. The summed E-state index contributed by atoms with van der Waals surface area (Å²) in [5.74, 6) is 0.0800. The van der Waals surface area contributed by atoms with Crippen LogP contribution in [0.4, 0.5) is 0 Å². The lowest BCUT2D eigenvalue weighted by molar-refractivity contribution is -0.136. The van der Waals surface area contributed by atoms with Crippen LogP contribution in [0.1, 0.15) is 31.4 Å². The zero-order chi connectivity index (χ0) is 17.7. The number of rotatable bonds is 6. The van der Waals surface area contributed by atoms with Crippen LogP contribution in [0.25, 0.3) is 5.69 Å². The minimum Gasteiger partial charge on any atom is -0.384 e. The molecule has 1 unspecified atom stereocenters. The summed E-state index contributed by atoms with van der Waals surface area (Å²) in [5.41, 5.74) is 1.67. The minimum atomic E-state index is -0.434. The predicted molar refractivity (Wildman–Crippen MR) is 111 cm³/mol. The molecule has 2 N–H and O–H groups in total. The Morgan fingerprint density at radius 3 is 2.74 bits per heavy atom. The highest BCUT2D eigenvalue weighted by Gasteiger charge is 2.40. The number of ether oxygens (including phenoxy) is 1. The molecule has 27 heavy (non-hydrogen) atoms. The summed E-state index contributed by atoms with van der Waals surface area (Å²) in [5, 5.41) is 6.51. The smallest absolute Gasteiger partial charge is 0.229 e. The van der Waals surface area contributed by atoms with Gasteiger partial charge in [0.15, 0.2) is 0 Å². The molecule has 0 aliphatic carbocycles. The molecule has 6 nitrogen and oxygen atoms in total. The fourth-order valence-electron chi connectivity index (χ4n) is 3.42. The Bertz CT molecular complexity index is 698. The molecule has 0 bridgehead atoms. The number of hydrogen-bond acceptors (Lipinski definition) is 4. The summed E-state index contributed by atoms with van der Waals surface area (Å²) in [7, 11) is 1.66. The van der Waals surface area contributed by atoms with Gasteiger partial charge < -0.3 is 19.9 Å². The van der Waals surface area contributed by atoms with Crippen LogP contribution < -0.4 is 10.6 Å². The zero-order valence-corrected chi connectivity index (χ0v) is 17.3. The van der Waals surface area contributed by atoms with E-state index in [0.29, 0.717) is 6.61 Å². The van der Waals surface area contributed by atoms with Crippen molar-refractivity contribution < 1.29 is 9.53 Å². The van der Waals surface area contributed by atoms with E-state index in [9.17, 15) is 4.79 Å². The molecule has 0 radical (unpaired) electrons. The van der Waals surface area contributed by atoms with E-state index >= 15 is 0 Å². The molecule has 2 heterocycles. The Labute approximate surface area is 172 Å². The molecule has 1 aromatic carbocycles. The third-order valence-corrected chi connectivity index (χ3v) is 4.98. The van der Waals surface area contributed by atoms with E-state index in [4.69, 9.17) is 4.74 Å². The van der Waals surface area contributed by atoms with Crippen LogP contribution in [-0.2, 0) is 9.53 Å². The van der Waals surface area contributed by atoms with E-state index in [2.05, 4.69) is 21.7 Å². The number of hydrogen-bond donors (Lipinski definition) is 2. The van der Waals surface area contributed by atoms with Gasteiger partial charge in [-0.1, -0.05) is 12.1 Å². The van der Waals surface area contributed by atoms with Crippen molar-refractivity contribution in [2.45, 2.75) is 25.8 Å². The fourth-order valence-corrected chi connectivity index (χ4v) is 3.42. The summed E-state index contributed by atoms with van der Waals surface area (Å²) >= 11 is 0. The van der Waals surface area contributed by atoms with Crippen LogP contribution in [0.5, 0.6) is 0 Å². The molecular formula is C19H28Cl2N4O2. The highest BCUT2D eigenvalue weighted by atomic mass is 35.5. The van der Waals surface area contributed by atoms with Gasteiger partial charge in [-0.25, -0.2) is 4.98 Å². The predicted octanol–water partition coefficient (Wildman–Crippen LogP) is 2.91. The molecular weight excluding hydrogens is 387 g/mol. The molecule has 1 fully saturated rings. The molecule has 8 heteroatoms. The first kappa shape index (κ1) is 23.4. The molecule has 150 valence electrons. The lowest BCUT2D eigenvalue weighted by atomic mass is 9.78. The van der Waals surface area contributed by atoms with Gasteiger partial charge in [-0.15, -0.1) is 24.8 Å². The van der Waals surface area contributed by atoms with Gasteiger partial charge in [-0.3, -0.25) is 4.79 Å². The van der Waals surface area contributed by atoms with Crippen LogP contribution in [0.3, 0.4) is 0 Å². The molecule has 2 aromatic rings. The van der Waals surface area contributed by atoms with Crippen molar-refractivity contribution in [2.24, 2.45) is 5.41 Å². The standard InChI is InChI=1S/C19H26N4O2.2ClH/c1-15(16-4-3-5-17(12-16)23-11-10-21-14-23)22-18(24)19(13-25-2)6-8-20-9-7-19;;/h3-5,10-12,14-15,20H,6-9,13H2,1-2H3,(H,22,24);2*1H. The Morgan fingerprint density at radius 2 is 2.11 bits per heavy atom. The summed E-state index contributed by atoms with van der Waals surface area (Å²) < 4.78 is 7.32. The average molecular weight is 415 g/mol. The number of benzene rings is 1. The third-order valence-electron chi connectivity index (χ3n) is 4.98. The number of amides is 1. The van der Waals surface area contributed by atoms with E-state index in [0.717, 1.165) is 37.2 Å². The topological polar surface area (TPSA) is 68.2 Å². The van der Waals surface area contributed by atoms with Gasteiger partial charge in [0.2, 0.25) is 5.91 Å². The van der Waals surface area contributed by atoms with Crippen molar-refractivity contribution in [3.8, 4) is 5.69 Å². The van der Waals surface area contributed by atoms with Crippen molar-refractivity contribution in [1.29, 1.82) is 0 Å². The van der Waals surface area contributed by atoms with E-state index in [1.165, 1.54) is 0 Å². The first-order chi connectivity index (χ1) is 12.1. The van der Waals surface area contributed by atoms with Gasteiger partial charge in [0.25, 0.3) is 0 Å². The number of piperidine rings is 1. The maximum Gasteiger partial charge on any atom is 0.229 e. The Balaban J connectivity index is 0.00000182. The van der Waals surface area contributed by atoms with E-state index in [-0.39, 0.29) is 36.8 Å². The largest absolute Gasteiger partial charge is 0.384 e. The van der Waals surface area contributed by atoms with Crippen molar-refractivity contribution >= 4 is 30.7 Å². The first-order valence-corrected chi connectivity index (χ1v) is 8.73. The summed E-state index contributed by atoms with van der Waals surface area (Å²) in [6.07, 6.45) is 7.03. The average Bonchev–Trinajstić information content (AvgIpc) is 3.17. The minimum absolute atomic E-state index is 0. The molecule has 1 aliphatic heterocycles. The molecule has 0 saturated carbocycles. The van der Waals surface area contributed by atoms with Gasteiger partial charge in [0.05, 0.1) is 24.4 Å². The van der Waals surface area contributed by atoms with Gasteiger partial charge in [-0.2, -0.15) is 0 Å². The molecule has 1 aliphatic rings. The summed E-state index contributed by atoms with van der Waals surface area (Å²) in [6, 6.07) is 8.08. The molecule has 1 amide bonds. The normalized spacial score (nSPS) is 16.5. The fraction of sp³-hybridized carbons (Fsp3) is 0.474. The van der Waals surface area contributed by atoms with Crippen LogP contribution in [0.2, 0.25) is 0 Å². The van der Waals surface area contributed by atoms with Gasteiger partial charge in [0, 0.05) is 25.2 Å². The Morgan fingerprint density at radius 1 is 1.37 bits per heavy atom. The van der Waals surface area contributed by atoms with Gasteiger partial charge in [0.1, 0.15) is 0 Å². The van der Waals surface area contributed by atoms with Gasteiger partial charge in [-0.05, 0) is 50.6 Å². The maximum atomic E-state index is 13.0. The Hall–Kier alpha value is -1.60. The number of aromatic nitrogens is 2. The van der Waals surface area contributed by atoms with E-state index in [1.54, 1.807) is 19.6 Å². The monoisotopic (exact) mass is 414 g/mol. The second-order valence-electron chi connectivity index (χ2n) is 6.72. The molecule has 1 aromatic heterocycles. The first-order valence-electron chi connectivity index (χ1n) is 8.73. The third kappa shape index (κ3) is 5.45. The molecule has 1 saturated heterocycles. The highest BCUT2D eigenvalue weighted by Crippen LogP contribution is 2.30. The number of imidazole rings is 1.